The van der Waals surface area contributed by atoms with Gasteiger partial charge < -0.3 is 15.3 Å². The Morgan fingerprint density at radius 2 is 1.70 bits per heavy atom. The third-order valence-electron chi connectivity index (χ3n) is 6.48. The summed E-state index contributed by atoms with van der Waals surface area (Å²) >= 11 is 0. The van der Waals surface area contributed by atoms with Crippen molar-refractivity contribution in [2.45, 2.75) is 38.9 Å². The molecule has 0 radical (unpaired) electrons. The smallest absolute Gasteiger partial charge is 0.405 e. The van der Waals surface area contributed by atoms with E-state index in [0.29, 0.717) is 31.0 Å². The predicted molar refractivity (Wildman–Crippen MR) is 131 cm³/mol. The first kappa shape index (κ1) is 23.6. The lowest BCUT2D eigenvalue weighted by Gasteiger charge is -2.41. The highest BCUT2D eigenvalue weighted by molar-refractivity contribution is 8.24. The lowest BCUT2D eigenvalue weighted by atomic mass is 9.89. The maximum absolute atomic E-state index is 12.3. The highest BCUT2D eigenvalue weighted by atomic mass is 32.3. The summed E-state index contributed by atoms with van der Waals surface area (Å²) < 4.78 is 19.6. The van der Waals surface area contributed by atoms with E-state index >= 15 is 0 Å². The van der Waals surface area contributed by atoms with Crippen LogP contribution in [-0.2, 0) is 11.3 Å². The number of nitrogens with zero attached hydrogens (tertiary/aromatic N) is 2. The molecule has 9 heteroatoms. The van der Waals surface area contributed by atoms with Crippen LogP contribution in [0.1, 0.15) is 37.4 Å². The minimum Gasteiger partial charge on any atom is -0.465 e. The van der Waals surface area contributed by atoms with E-state index in [1.807, 2.05) is 37.3 Å². The minimum absolute atomic E-state index is 0.0615. The van der Waals surface area contributed by atoms with Crippen LogP contribution in [-0.4, -0.2) is 61.7 Å². The molecule has 4 N–H and O–H groups in total. The summed E-state index contributed by atoms with van der Waals surface area (Å²) in [5.74, 6) is 0.803. The van der Waals surface area contributed by atoms with Gasteiger partial charge in [0.15, 0.2) is 0 Å². The van der Waals surface area contributed by atoms with Crippen molar-refractivity contribution >= 4 is 28.3 Å². The van der Waals surface area contributed by atoms with Gasteiger partial charge in [-0.1, -0.05) is 30.3 Å². The second kappa shape index (κ2) is 9.34. The molecule has 1 saturated heterocycles. The van der Waals surface area contributed by atoms with Crippen molar-refractivity contribution in [2.75, 3.05) is 29.5 Å². The zero-order valence-corrected chi connectivity index (χ0v) is 19.7. The molecule has 2 aliphatic heterocycles. The SMILES string of the molecule is CC(=O)N1c2ccc(-c3ccc(CN4CCS(O)(O)CC4)cc3)cc2C(NC(=O)O)CC1C. The molecular weight excluding hydrogens is 442 g/mol. The first-order valence-corrected chi connectivity index (χ1v) is 13.0. The summed E-state index contributed by atoms with van der Waals surface area (Å²) in [6.45, 7) is 5.58. The fourth-order valence-corrected chi connectivity index (χ4v) is 6.10. The van der Waals surface area contributed by atoms with Crippen LogP contribution < -0.4 is 10.2 Å². The number of fused-ring (bicyclic) bond motifs is 1. The molecule has 0 aromatic heterocycles. The van der Waals surface area contributed by atoms with Crippen molar-refractivity contribution in [3.05, 3.63) is 53.6 Å². The Bertz CT molecular complexity index is 1030. The van der Waals surface area contributed by atoms with Gasteiger partial charge in [-0.05, 0) is 47.7 Å². The van der Waals surface area contributed by atoms with Crippen molar-refractivity contribution in [2.24, 2.45) is 0 Å². The minimum atomic E-state index is -2.39. The molecule has 4 rings (SSSR count). The fourth-order valence-electron chi connectivity index (χ4n) is 4.79. The molecule has 1 fully saturated rings. The van der Waals surface area contributed by atoms with Crippen molar-refractivity contribution in [1.82, 2.24) is 10.2 Å². The van der Waals surface area contributed by atoms with Crippen LogP contribution in [0.15, 0.2) is 42.5 Å². The maximum Gasteiger partial charge on any atom is 0.405 e. The Hall–Kier alpha value is -2.59. The van der Waals surface area contributed by atoms with E-state index < -0.39 is 16.7 Å². The van der Waals surface area contributed by atoms with Crippen molar-refractivity contribution in [1.29, 1.82) is 0 Å². The number of carboxylic acid groups (broad SMARTS) is 1. The molecule has 2 heterocycles. The number of benzene rings is 2. The summed E-state index contributed by atoms with van der Waals surface area (Å²) in [4.78, 5) is 27.6. The number of carbonyl (C=O) groups is 2. The molecule has 2 aromatic rings. The molecule has 0 bridgehead atoms. The van der Waals surface area contributed by atoms with Gasteiger partial charge in [-0.15, -0.1) is 0 Å². The number of carbonyl (C=O) groups excluding carboxylic acids is 1. The number of nitrogens with one attached hydrogen (secondary N) is 1. The molecule has 2 amide bonds. The molecule has 2 aliphatic rings. The van der Waals surface area contributed by atoms with Gasteiger partial charge in [-0.3, -0.25) is 18.8 Å². The Kier molecular flexibility index (Phi) is 6.67. The Balaban J connectivity index is 1.56. The fraction of sp³-hybridized carbons (Fsp3) is 0.417. The van der Waals surface area contributed by atoms with Crippen LogP contribution in [0.2, 0.25) is 0 Å². The predicted octanol–water partition coefficient (Wildman–Crippen LogP) is 4.37. The van der Waals surface area contributed by atoms with Gasteiger partial charge in [0.2, 0.25) is 5.91 Å². The van der Waals surface area contributed by atoms with Crippen LogP contribution in [0, 0.1) is 0 Å². The van der Waals surface area contributed by atoms with E-state index in [-0.39, 0.29) is 18.0 Å². The Morgan fingerprint density at radius 1 is 1.06 bits per heavy atom. The van der Waals surface area contributed by atoms with Crippen LogP contribution in [0.25, 0.3) is 11.1 Å². The maximum atomic E-state index is 12.3. The van der Waals surface area contributed by atoms with Crippen molar-refractivity contribution in [3.63, 3.8) is 0 Å². The van der Waals surface area contributed by atoms with Gasteiger partial charge in [0, 0.05) is 38.3 Å². The topological polar surface area (TPSA) is 113 Å². The average Bonchev–Trinajstić information content (AvgIpc) is 2.75. The van der Waals surface area contributed by atoms with Crippen molar-refractivity contribution in [3.8, 4) is 11.1 Å². The number of hydrogen-bond acceptors (Lipinski definition) is 5. The van der Waals surface area contributed by atoms with Gasteiger partial charge in [-0.25, -0.2) is 4.79 Å². The molecule has 0 aliphatic carbocycles. The standard InChI is InChI=1S/C24H31N3O5S/c1-16-13-22(25-24(29)30)21-14-20(7-8-23(21)27(16)17(2)28)19-5-3-18(4-6-19)15-26-9-11-33(31,32)12-10-26/h3-8,14,16,22,25,31-32H,9-13,15H2,1-2H3,(H,29,30). The highest BCUT2D eigenvalue weighted by Gasteiger charge is 2.33. The molecular formula is C24H31N3O5S. The van der Waals surface area contributed by atoms with Crippen LogP contribution in [0.5, 0.6) is 0 Å². The zero-order valence-electron chi connectivity index (χ0n) is 18.9. The normalized spacial score (nSPS) is 23.5. The molecule has 178 valence electrons. The van der Waals surface area contributed by atoms with E-state index in [1.54, 1.807) is 4.90 Å². The first-order chi connectivity index (χ1) is 15.6. The van der Waals surface area contributed by atoms with E-state index in [0.717, 1.165) is 34.5 Å². The largest absolute Gasteiger partial charge is 0.465 e. The molecule has 8 nitrogen and oxygen atoms in total. The molecule has 2 atom stereocenters. The first-order valence-electron chi connectivity index (χ1n) is 11.1. The van der Waals surface area contributed by atoms with E-state index in [4.69, 9.17) is 0 Å². The summed E-state index contributed by atoms with van der Waals surface area (Å²) in [6, 6.07) is 13.6. The second-order valence-corrected chi connectivity index (χ2v) is 11.4. The van der Waals surface area contributed by atoms with Gasteiger partial charge in [0.1, 0.15) is 0 Å². The Morgan fingerprint density at radius 3 is 2.30 bits per heavy atom. The molecule has 0 saturated carbocycles. The summed E-state index contributed by atoms with van der Waals surface area (Å²) in [5, 5.41) is 11.9. The van der Waals surface area contributed by atoms with E-state index in [1.165, 1.54) is 6.92 Å². The van der Waals surface area contributed by atoms with Gasteiger partial charge in [-0.2, -0.15) is 10.6 Å². The third kappa shape index (κ3) is 5.33. The number of amides is 2. The van der Waals surface area contributed by atoms with Crippen LogP contribution in [0.4, 0.5) is 10.5 Å². The summed E-state index contributed by atoms with van der Waals surface area (Å²) in [6.07, 6.45) is -0.565. The van der Waals surface area contributed by atoms with Crippen molar-refractivity contribution < 1.29 is 23.8 Å². The number of hydrogen-bond donors (Lipinski definition) is 4. The Labute approximate surface area is 195 Å². The van der Waals surface area contributed by atoms with Gasteiger partial charge in [0.25, 0.3) is 0 Å². The lowest BCUT2D eigenvalue weighted by Crippen LogP contribution is -2.45. The second-order valence-electron chi connectivity index (χ2n) is 8.93. The summed E-state index contributed by atoms with van der Waals surface area (Å²) in [5.41, 5.74) is 4.67. The molecule has 33 heavy (non-hydrogen) atoms. The molecule has 0 spiro atoms. The van der Waals surface area contributed by atoms with E-state index in [2.05, 4.69) is 22.3 Å². The average molecular weight is 474 g/mol. The highest BCUT2D eigenvalue weighted by Crippen LogP contribution is 2.41. The number of rotatable bonds is 4. The van der Waals surface area contributed by atoms with Crippen LogP contribution in [0.3, 0.4) is 0 Å². The lowest BCUT2D eigenvalue weighted by molar-refractivity contribution is -0.117. The van der Waals surface area contributed by atoms with Crippen LogP contribution >= 0.6 is 10.6 Å². The van der Waals surface area contributed by atoms with Gasteiger partial charge >= 0.3 is 6.09 Å². The zero-order chi connectivity index (χ0) is 23.8. The monoisotopic (exact) mass is 473 g/mol. The molecule has 2 unspecified atom stereocenters. The third-order valence-corrected chi connectivity index (χ3v) is 8.15. The molecule has 2 aromatic carbocycles. The summed E-state index contributed by atoms with van der Waals surface area (Å²) in [7, 11) is -2.39. The van der Waals surface area contributed by atoms with Gasteiger partial charge in [0.05, 0.1) is 17.5 Å². The quantitative estimate of drug-likeness (QED) is 0.524. The van der Waals surface area contributed by atoms with E-state index in [9.17, 15) is 23.8 Å². The number of anilines is 1.